The van der Waals surface area contributed by atoms with Gasteiger partial charge in [-0.05, 0) is 48.8 Å². The first-order chi connectivity index (χ1) is 11.3. The van der Waals surface area contributed by atoms with Crippen LogP contribution in [0.4, 0.5) is 0 Å². The number of fused-ring (bicyclic) bond motifs is 1. The Morgan fingerprint density at radius 1 is 1.26 bits per heavy atom. The maximum absolute atomic E-state index is 12.1. The number of thioether (sulfide) groups is 1. The molecule has 122 valence electrons. The van der Waals surface area contributed by atoms with E-state index in [2.05, 4.69) is 47.5 Å². The number of amides is 1. The minimum atomic E-state index is 0.131. The molecule has 1 amide bonds. The summed E-state index contributed by atoms with van der Waals surface area (Å²) in [5, 5.41) is 5.56. The molecule has 0 bridgehead atoms. The molecule has 0 aliphatic carbocycles. The first-order valence-corrected chi connectivity index (χ1v) is 9.37. The molecule has 1 aliphatic rings. The lowest BCUT2D eigenvalue weighted by atomic mass is 10.1. The highest BCUT2D eigenvalue weighted by atomic mass is 32.2. The van der Waals surface area contributed by atoms with Crippen molar-refractivity contribution < 1.29 is 4.79 Å². The molecule has 0 radical (unpaired) electrons. The highest BCUT2D eigenvalue weighted by Gasteiger charge is 2.22. The van der Waals surface area contributed by atoms with Gasteiger partial charge < -0.3 is 5.32 Å². The molecule has 3 rings (SSSR count). The van der Waals surface area contributed by atoms with Crippen LogP contribution in [0.5, 0.6) is 0 Å². The summed E-state index contributed by atoms with van der Waals surface area (Å²) in [7, 11) is 0. The second-order valence-electron chi connectivity index (χ2n) is 6.03. The van der Waals surface area contributed by atoms with Crippen LogP contribution in [0.25, 0.3) is 10.8 Å². The standard InChI is InChI=1S/C19H24N2OS/c1-2-21-11-5-8-17(21)13-20-19(22)14-23-18-10-9-15-6-3-4-7-16(15)12-18/h3-4,6-7,9-10,12,17H,2,5,8,11,13-14H2,1H3,(H,20,22)/t17-/m0/s1. The first-order valence-electron chi connectivity index (χ1n) is 8.38. The fraction of sp³-hybridized carbons (Fsp3) is 0.421. The Hall–Kier alpha value is -1.52. The third-order valence-corrected chi connectivity index (χ3v) is 5.52. The number of benzene rings is 2. The summed E-state index contributed by atoms with van der Waals surface area (Å²) in [6.07, 6.45) is 2.45. The molecule has 1 fully saturated rings. The zero-order chi connectivity index (χ0) is 16.1. The van der Waals surface area contributed by atoms with Gasteiger partial charge in [0.25, 0.3) is 0 Å². The second kappa shape index (κ2) is 7.84. The SMILES string of the molecule is CCN1CCC[C@H]1CNC(=O)CSc1ccc2ccccc2c1. The summed E-state index contributed by atoms with van der Waals surface area (Å²) in [5.74, 6) is 0.614. The molecule has 0 unspecified atom stereocenters. The van der Waals surface area contributed by atoms with E-state index in [-0.39, 0.29) is 5.91 Å². The summed E-state index contributed by atoms with van der Waals surface area (Å²) in [4.78, 5) is 15.7. The Morgan fingerprint density at radius 3 is 2.91 bits per heavy atom. The van der Waals surface area contributed by atoms with E-state index in [0.717, 1.165) is 18.0 Å². The first kappa shape index (κ1) is 16.3. The van der Waals surface area contributed by atoms with Gasteiger partial charge in [0.1, 0.15) is 0 Å². The molecule has 1 atom stereocenters. The van der Waals surface area contributed by atoms with E-state index >= 15 is 0 Å². The number of carbonyl (C=O) groups excluding carboxylic acids is 1. The summed E-state index contributed by atoms with van der Waals surface area (Å²) in [5.41, 5.74) is 0. The van der Waals surface area contributed by atoms with Crippen molar-refractivity contribution in [2.24, 2.45) is 0 Å². The van der Waals surface area contributed by atoms with Crippen molar-refractivity contribution in [1.29, 1.82) is 0 Å². The molecule has 23 heavy (non-hydrogen) atoms. The smallest absolute Gasteiger partial charge is 0.230 e. The molecule has 2 aromatic carbocycles. The number of likely N-dealkylation sites (N-methyl/N-ethyl adjacent to an activating group) is 1. The zero-order valence-corrected chi connectivity index (χ0v) is 14.4. The van der Waals surface area contributed by atoms with Gasteiger partial charge in [-0.2, -0.15) is 0 Å². The lowest BCUT2D eigenvalue weighted by Gasteiger charge is -2.22. The number of rotatable bonds is 6. The van der Waals surface area contributed by atoms with Crippen LogP contribution in [-0.2, 0) is 4.79 Å². The number of nitrogens with zero attached hydrogens (tertiary/aromatic N) is 1. The molecule has 0 spiro atoms. The van der Waals surface area contributed by atoms with Crippen LogP contribution >= 0.6 is 11.8 Å². The van der Waals surface area contributed by atoms with Gasteiger partial charge in [0.2, 0.25) is 5.91 Å². The van der Waals surface area contributed by atoms with Crippen LogP contribution in [0.1, 0.15) is 19.8 Å². The van der Waals surface area contributed by atoms with Gasteiger partial charge in [-0.15, -0.1) is 11.8 Å². The summed E-state index contributed by atoms with van der Waals surface area (Å²) in [6, 6.07) is 15.2. The third-order valence-electron chi connectivity index (χ3n) is 4.53. The van der Waals surface area contributed by atoms with Crippen LogP contribution in [0.3, 0.4) is 0 Å². The Kier molecular flexibility index (Phi) is 5.57. The topological polar surface area (TPSA) is 32.3 Å². The largest absolute Gasteiger partial charge is 0.354 e. The van der Waals surface area contributed by atoms with Gasteiger partial charge in [0.15, 0.2) is 0 Å². The predicted octanol–water partition coefficient (Wildman–Crippen LogP) is 3.53. The number of nitrogens with one attached hydrogen (secondary N) is 1. The van der Waals surface area contributed by atoms with Crippen molar-refractivity contribution in [1.82, 2.24) is 10.2 Å². The second-order valence-corrected chi connectivity index (χ2v) is 7.08. The van der Waals surface area contributed by atoms with E-state index in [1.165, 1.54) is 30.2 Å². The fourth-order valence-corrected chi connectivity index (χ4v) is 4.01. The molecule has 1 N–H and O–H groups in total. The molecular weight excluding hydrogens is 304 g/mol. The number of likely N-dealkylation sites (tertiary alicyclic amines) is 1. The van der Waals surface area contributed by atoms with E-state index in [1.54, 1.807) is 11.8 Å². The Balaban J connectivity index is 1.48. The van der Waals surface area contributed by atoms with Crippen LogP contribution in [-0.4, -0.2) is 42.2 Å². The van der Waals surface area contributed by atoms with Crippen molar-refractivity contribution in [3.63, 3.8) is 0 Å². The molecule has 1 aliphatic heterocycles. The Bertz CT molecular complexity index is 673. The zero-order valence-electron chi connectivity index (χ0n) is 13.6. The molecule has 2 aromatic rings. The van der Waals surface area contributed by atoms with E-state index < -0.39 is 0 Å². The minimum absolute atomic E-state index is 0.131. The molecule has 1 saturated heterocycles. The lowest BCUT2D eigenvalue weighted by Crippen LogP contribution is -2.40. The fourth-order valence-electron chi connectivity index (χ4n) is 3.23. The van der Waals surface area contributed by atoms with E-state index in [9.17, 15) is 4.79 Å². The van der Waals surface area contributed by atoms with Crippen LogP contribution in [0, 0.1) is 0 Å². The van der Waals surface area contributed by atoms with Crippen molar-refractivity contribution in [2.75, 3.05) is 25.4 Å². The van der Waals surface area contributed by atoms with Gasteiger partial charge >= 0.3 is 0 Å². The van der Waals surface area contributed by atoms with Gasteiger partial charge in [0.05, 0.1) is 5.75 Å². The van der Waals surface area contributed by atoms with E-state index in [1.807, 2.05) is 12.1 Å². The van der Waals surface area contributed by atoms with E-state index in [0.29, 0.717) is 11.8 Å². The van der Waals surface area contributed by atoms with Crippen LogP contribution < -0.4 is 5.32 Å². The molecule has 4 heteroatoms. The quantitative estimate of drug-likeness (QED) is 0.823. The summed E-state index contributed by atoms with van der Waals surface area (Å²) in [6.45, 7) is 5.22. The highest BCUT2D eigenvalue weighted by molar-refractivity contribution is 8.00. The van der Waals surface area contributed by atoms with Gasteiger partial charge in [0, 0.05) is 17.5 Å². The van der Waals surface area contributed by atoms with Gasteiger partial charge in [-0.3, -0.25) is 9.69 Å². The van der Waals surface area contributed by atoms with Crippen LogP contribution in [0.15, 0.2) is 47.4 Å². The molecule has 0 saturated carbocycles. The van der Waals surface area contributed by atoms with Crippen molar-refractivity contribution in [2.45, 2.75) is 30.7 Å². The molecule has 1 heterocycles. The van der Waals surface area contributed by atoms with E-state index in [4.69, 9.17) is 0 Å². The lowest BCUT2D eigenvalue weighted by molar-refractivity contribution is -0.118. The molecular formula is C19H24N2OS. The van der Waals surface area contributed by atoms with Crippen molar-refractivity contribution >= 4 is 28.4 Å². The third kappa shape index (κ3) is 4.27. The highest BCUT2D eigenvalue weighted by Crippen LogP contribution is 2.23. The van der Waals surface area contributed by atoms with Gasteiger partial charge in [-0.25, -0.2) is 0 Å². The predicted molar refractivity (Wildman–Crippen MR) is 98.0 cm³/mol. The molecule has 3 nitrogen and oxygen atoms in total. The van der Waals surface area contributed by atoms with Crippen LogP contribution in [0.2, 0.25) is 0 Å². The van der Waals surface area contributed by atoms with Crippen molar-refractivity contribution in [3.8, 4) is 0 Å². The van der Waals surface area contributed by atoms with Crippen molar-refractivity contribution in [3.05, 3.63) is 42.5 Å². The number of hydrogen-bond donors (Lipinski definition) is 1. The van der Waals surface area contributed by atoms with Gasteiger partial charge in [-0.1, -0.05) is 37.3 Å². The Morgan fingerprint density at radius 2 is 2.09 bits per heavy atom. The maximum Gasteiger partial charge on any atom is 0.230 e. The number of carbonyl (C=O) groups is 1. The minimum Gasteiger partial charge on any atom is -0.354 e. The average molecular weight is 328 g/mol. The number of hydrogen-bond acceptors (Lipinski definition) is 3. The maximum atomic E-state index is 12.1. The summed E-state index contributed by atoms with van der Waals surface area (Å²) < 4.78 is 0. The Labute approximate surface area is 142 Å². The molecule has 0 aromatic heterocycles. The summed E-state index contributed by atoms with van der Waals surface area (Å²) >= 11 is 1.61. The monoisotopic (exact) mass is 328 g/mol. The normalized spacial score (nSPS) is 18.4. The average Bonchev–Trinajstić information content (AvgIpc) is 3.05.